The molecule has 6 heteroatoms. The molecule has 0 atom stereocenters. The molecule has 4 rings (SSSR count). The van der Waals surface area contributed by atoms with Crippen molar-refractivity contribution in [2.75, 3.05) is 19.6 Å². The standard InChI is InChI=1S/C23H31N5O/c1-4-13-27-14-11-18(12-15-27)25-22(29)10-9-19-16(2)24-23-20-7-5-6-8-21(20)26-28(23)17(19)3/h5-8,18H,4,9-15H2,1-3H3,(H,25,29). The van der Waals surface area contributed by atoms with Gasteiger partial charge in [-0.05, 0) is 63.8 Å². The summed E-state index contributed by atoms with van der Waals surface area (Å²) in [6.45, 7) is 9.66. The fourth-order valence-electron chi connectivity index (χ4n) is 4.49. The van der Waals surface area contributed by atoms with Crippen molar-refractivity contribution >= 4 is 22.5 Å². The Kier molecular flexibility index (Phi) is 5.81. The van der Waals surface area contributed by atoms with Crippen molar-refractivity contribution in [3.8, 4) is 0 Å². The van der Waals surface area contributed by atoms with E-state index in [1.54, 1.807) is 0 Å². The van der Waals surface area contributed by atoms with Crippen molar-refractivity contribution in [2.45, 2.75) is 58.9 Å². The largest absolute Gasteiger partial charge is 0.353 e. The number of rotatable bonds is 6. The Hall–Kier alpha value is -2.47. The Morgan fingerprint density at radius 3 is 2.72 bits per heavy atom. The second-order valence-corrected chi connectivity index (χ2v) is 8.20. The number of hydrogen-bond acceptors (Lipinski definition) is 4. The number of nitrogens with zero attached hydrogens (tertiary/aromatic N) is 4. The van der Waals surface area contributed by atoms with Crippen LogP contribution in [0.25, 0.3) is 16.6 Å². The van der Waals surface area contributed by atoms with Crippen molar-refractivity contribution in [1.82, 2.24) is 24.8 Å². The van der Waals surface area contributed by atoms with Gasteiger partial charge in [-0.3, -0.25) is 4.79 Å². The molecule has 1 aromatic carbocycles. The van der Waals surface area contributed by atoms with Crippen LogP contribution in [0.15, 0.2) is 24.3 Å². The van der Waals surface area contributed by atoms with E-state index in [4.69, 9.17) is 10.1 Å². The summed E-state index contributed by atoms with van der Waals surface area (Å²) < 4.78 is 1.92. The van der Waals surface area contributed by atoms with Gasteiger partial charge in [-0.1, -0.05) is 19.1 Å². The van der Waals surface area contributed by atoms with E-state index in [-0.39, 0.29) is 5.91 Å². The van der Waals surface area contributed by atoms with Crippen LogP contribution in [0, 0.1) is 13.8 Å². The second-order valence-electron chi connectivity index (χ2n) is 8.20. The predicted molar refractivity (Wildman–Crippen MR) is 116 cm³/mol. The monoisotopic (exact) mass is 393 g/mol. The summed E-state index contributed by atoms with van der Waals surface area (Å²) >= 11 is 0. The summed E-state index contributed by atoms with van der Waals surface area (Å²) in [6, 6.07) is 8.39. The van der Waals surface area contributed by atoms with Gasteiger partial charge in [0.2, 0.25) is 5.91 Å². The number of hydrogen-bond donors (Lipinski definition) is 1. The number of fused-ring (bicyclic) bond motifs is 3. The molecular formula is C23H31N5O. The zero-order chi connectivity index (χ0) is 20.4. The number of aryl methyl sites for hydroxylation is 2. The number of carbonyl (C=O) groups excluding carboxylic acids is 1. The van der Waals surface area contributed by atoms with Crippen molar-refractivity contribution in [1.29, 1.82) is 0 Å². The Morgan fingerprint density at radius 1 is 1.21 bits per heavy atom. The fraction of sp³-hybridized carbons (Fsp3) is 0.522. The third kappa shape index (κ3) is 4.13. The SMILES string of the molecule is CCCN1CCC(NC(=O)CCc2c(C)nc3c4ccccc4nn3c2C)CC1. The van der Waals surface area contributed by atoms with E-state index < -0.39 is 0 Å². The van der Waals surface area contributed by atoms with Gasteiger partial charge in [-0.15, -0.1) is 0 Å². The number of nitrogens with one attached hydrogen (secondary N) is 1. The van der Waals surface area contributed by atoms with Crippen LogP contribution in [0.2, 0.25) is 0 Å². The van der Waals surface area contributed by atoms with E-state index in [1.165, 1.54) is 6.42 Å². The number of piperidine rings is 1. The summed E-state index contributed by atoms with van der Waals surface area (Å²) in [5.74, 6) is 0.142. The molecule has 29 heavy (non-hydrogen) atoms. The maximum atomic E-state index is 12.6. The maximum absolute atomic E-state index is 12.6. The molecule has 0 spiro atoms. The molecule has 6 nitrogen and oxygen atoms in total. The number of aromatic nitrogens is 3. The molecule has 154 valence electrons. The lowest BCUT2D eigenvalue weighted by atomic mass is 10.0. The van der Waals surface area contributed by atoms with Crippen LogP contribution in [0.1, 0.15) is 49.6 Å². The highest BCUT2D eigenvalue weighted by Gasteiger charge is 2.20. The molecule has 0 unspecified atom stereocenters. The summed E-state index contributed by atoms with van der Waals surface area (Å²) in [4.78, 5) is 19.8. The summed E-state index contributed by atoms with van der Waals surface area (Å²) in [5.41, 5.74) is 5.03. The van der Waals surface area contributed by atoms with E-state index in [0.717, 1.165) is 66.0 Å². The predicted octanol–water partition coefficient (Wildman–Crippen LogP) is 3.42. The van der Waals surface area contributed by atoms with E-state index in [1.807, 2.05) is 29.6 Å². The average Bonchev–Trinajstić information content (AvgIpc) is 3.08. The van der Waals surface area contributed by atoms with Crippen LogP contribution in [-0.2, 0) is 11.2 Å². The molecule has 1 amide bonds. The molecule has 0 radical (unpaired) electrons. The number of carbonyl (C=O) groups is 1. The van der Waals surface area contributed by atoms with Crippen LogP contribution >= 0.6 is 0 Å². The fourth-order valence-corrected chi connectivity index (χ4v) is 4.49. The van der Waals surface area contributed by atoms with Gasteiger partial charge in [0.15, 0.2) is 5.65 Å². The molecule has 1 aliphatic heterocycles. The molecule has 3 aromatic rings. The zero-order valence-electron chi connectivity index (χ0n) is 17.7. The van der Waals surface area contributed by atoms with Crippen molar-refractivity contribution in [2.24, 2.45) is 0 Å². The first-order valence-electron chi connectivity index (χ1n) is 10.8. The minimum Gasteiger partial charge on any atom is -0.353 e. The third-order valence-corrected chi connectivity index (χ3v) is 6.11. The quantitative estimate of drug-likeness (QED) is 0.697. The molecule has 0 aliphatic carbocycles. The molecule has 2 aromatic heterocycles. The average molecular weight is 394 g/mol. The first kappa shape index (κ1) is 19.8. The first-order valence-corrected chi connectivity index (χ1v) is 10.8. The van der Waals surface area contributed by atoms with Gasteiger partial charge in [-0.2, -0.15) is 5.10 Å². The Bertz CT molecular complexity index is 1020. The number of benzene rings is 1. The molecule has 0 saturated carbocycles. The molecule has 1 N–H and O–H groups in total. The Morgan fingerprint density at radius 2 is 1.97 bits per heavy atom. The van der Waals surface area contributed by atoms with Crippen LogP contribution in [0.3, 0.4) is 0 Å². The minimum absolute atomic E-state index is 0.142. The van der Waals surface area contributed by atoms with E-state index in [9.17, 15) is 4.79 Å². The Labute approximate surface area is 172 Å². The molecule has 3 heterocycles. The maximum Gasteiger partial charge on any atom is 0.220 e. The highest BCUT2D eigenvalue weighted by molar-refractivity contribution is 5.92. The summed E-state index contributed by atoms with van der Waals surface area (Å²) in [7, 11) is 0. The normalized spacial score (nSPS) is 16.0. The van der Waals surface area contributed by atoms with Crippen molar-refractivity contribution in [3.05, 3.63) is 41.2 Å². The van der Waals surface area contributed by atoms with Crippen molar-refractivity contribution < 1.29 is 4.79 Å². The minimum atomic E-state index is 0.142. The van der Waals surface area contributed by atoms with Crippen LogP contribution in [0.5, 0.6) is 0 Å². The highest BCUT2D eigenvalue weighted by atomic mass is 16.1. The molecule has 1 aliphatic rings. The van der Waals surface area contributed by atoms with E-state index in [2.05, 4.69) is 30.1 Å². The summed E-state index contributed by atoms with van der Waals surface area (Å²) in [6.07, 6.45) is 4.48. The lowest BCUT2D eigenvalue weighted by molar-refractivity contribution is -0.122. The lowest BCUT2D eigenvalue weighted by Gasteiger charge is -2.32. The highest BCUT2D eigenvalue weighted by Crippen LogP contribution is 2.23. The van der Waals surface area contributed by atoms with Crippen LogP contribution in [0.4, 0.5) is 0 Å². The number of likely N-dealkylation sites (tertiary alicyclic amines) is 1. The zero-order valence-corrected chi connectivity index (χ0v) is 17.7. The molecule has 1 fully saturated rings. The van der Waals surface area contributed by atoms with Gasteiger partial charge in [0.1, 0.15) is 0 Å². The van der Waals surface area contributed by atoms with Gasteiger partial charge in [0, 0.05) is 42.3 Å². The van der Waals surface area contributed by atoms with Gasteiger partial charge in [0.05, 0.1) is 5.52 Å². The third-order valence-electron chi connectivity index (χ3n) is 6.11. The van der Waals surface area contributed by atoms with Crippen LogP contribution in [-0.4, -0.2) is 51.1 Å². The molecular weight excluding hydrogens is 362 g/mol. The van der Waals surface area contributed by atoms with Gasteiger partial charge >= 0.3 is 0 Å². The smallest absolute Gasteiger partial charge is 0.220 e. The molecule has 0 bridgehead atoms. The first-order chi connectivity index (χ1) is 14.1. The Balaban J connectivity index is 1.42. The van der Waals surface area contributed by atoms with Crippen LogP contribution < -0.4 is 5.32 Å². The topological polar surface area (TPSA) is 62.5 Å². The summed E-state index contributed by atoms with van der Waals surface area (Å²) in [5, 5.41) is 9.02. The number of amides is 1. The van der Waals surface area contributed by atoms with E-state index in [0.29, 0.717) is 18.9 Å². The lowest BCUT2D eigenvalue weighted by Crippen LogP contribution is -2.44. The van der Waals surface area contributed by atoms with Gasteiger partial charge in [0.25, 0.3) is 0 Å². The van der Waals surface area contributed by atoms with Gasteiger partial charge in [-0.25, -0.2) is 9.50 Å². The van der Waals surface area contributed by atoms with E-state index >= 15 is 0 Å². The van der Waals surface area contributed by atoms with Crippen molar-refractivity contribution in [3.63, 3.8) is 0 Å². The second kappa shape index (κ2) is 8.49. The molecule has 1 saturated heterocycles. The van der Waals surface area contributed by atoms with Gasteiger partial charge < -0.3 is 10.2 Å².